The van der Waals surface area contributed by atoms with Crippen LogP contribution < -0.4 is 5.32 Å². The summed E-state index contributed by atoms with van der Waals surface area (Å²) in [6.07, 6.45) is 5.21. The first-order valence-corrected chi connectivity index (χ1v) is 7.42. The van der Waals surface area contributed by atoms with Crippen molar-refractivity contribution in [2.75, 3.05) is 31.4 Å². The van der Waals surface area contributed by atoms with Crippen molar-refractivity contribution in [3.63, 3.8) is 0 Å². The Morgan fingerprint density at radius 3 is 2.88 bits per heavy atom. The summed E-state index contributed by atoms with van der Waals surface area (Å²) in [5, 5.41) is 3.15. The van der Waals surface area contributed by atoms with Crippen LogP contribution in [-0.2, 0) is 6.54 Å². The number of aromatic nitrogens is 1. The van der Waals surface area contributed by atoms with Gasteiger partial charge in [-0.2, -0.15) is 11.8 Å². The van der Waals surface area contributed by atoms with E-state index in [4.69, 9.17) is 0 Å². The summed E-state index contributed by atoms with van der Waals surface area (Å²) < 4.78 is 0. The molecule has 1 rings (SSSR count). The van der Waals surface area contributed by atoms with Crippen LogP contribution in [-0.4, -0.2) is 42.0 Å². The van der Waals surface area contributed by atoms with E-state index >= 15 is 0 Å². The van der Waals surface area contributed by atoms with E-state index in [1.54, 1.807) is 0 Å². The van der Waals surface area contributed by atoms with E-state index in [1.807, 2.05) is 31.1 Å². The number of hydrogen-bond donors (Lipinski definition) is 1. The van der Waals surface area contributed by atoms with Crippen LogP contribution in [0.4, 0.5) is 5.69 Å². The predicted octanol–water partition coefficient (Wildman–Crippen LogP) is 2.70. The summed E-state index contributed by atoms with van der Waals surface area (Å²) in [5.74, 6) is 1.18. The fraction of sp³-hybridized carbons (Fsp3) is 0.615. The maximum absolute atomic E-state index is 4.42. The smallest absolute Gasteiger partial charge is 0.0564 e. The number of pyridine rings is 1. The van der Waals surface area contributed by atoms with Crippen molar-refractivity contribution in [1.82, 2.24) is 9.88 Å². The third-order valence-electron chi connectivity index (χ3n) is 2.97. The van der Waals surface area contributed by atoms with E-state index in [1.165, 1.54) is 12.2 Å². The predicted molar refractivity (Wildman–Crippen MR) is 77.7 cm³/mol. The average molecular weight is 253 g/mol. The monoisotopic (exact) mass is 253 g/mol. The van der Waals surface area contributed by atoms with Gasteiger partial charge in [-0.05, 0) is 31.9 Å². The van der Waals surface area contributed by atoms with Gasteiger partial charge in [0, 0.05) is 37.3 Å². The van der Waals surface area contributed by atoms with Crippen molar-refractivity contribution in [3.05, 3.63) is 24.0 Å². The second-order valence-corrected chi connectivity index (χ2v) is 5.13. The molecule has 0 bridgehead atoms. The summed E-state index contributed by atoms with van der Waals surface area (Å²) >= 11 is 1.91. The largest absolute Gasteiger partial charge is 0.388 e. The highest BCUT2D eigenvalue weighted by Crippen LogP contribution is 2.13. The van der Waals surface area contributed by atoms with Crippen molar-refractivity contribution in [3.8, 4) is 0 Å². The van der Waals surface area contributed by atoms with Gasteiger partial charge in [0.05, 0.1) is 5.69 Å². The molecular formula is C13H23N3S. The molecule has 1 aromatic rings. The van der Waals surface area contributed by atoms with Crippen molar-refractivity contribution in [2.45, 2.75) is 25.9 Å². The number of nitrogens with one attached hydrogen (secondary N) is 1. The Labute approximate surface area is 109 Å². The molecule has 1 atom stereocenters. The average Bonchev–Trinajstić information content (AvgIpc) is 2.36. The van der Waals surface area contributed by atoms with Gasteiger partial charge in [0.1, 0.15) is 0 Å². The zero-order valence-electron chi connectivity index (χ0n) is 11.2. The molecule has 0 amide bonds. The number of nitrogens with zero attached hydrogens (tertiary/aromatic N) is 2. The molecule has 0 aliphatic heterocycles. The first kappa shape index (κ1) is 14.3. The maximum atomic E-state index is 4.42. The molecule has 0 aliphatic carbocycles. The molecule has 0 saturated heterocycles. The fourth-order valence-corrected chi connectivity index (χ4v) is 2.73. The first-order chi connectivity index (χ1) is 8.21. The zero-order valence-corrected chi connectivity index (χ0v) is 12.0. The molecule has 3 nitrogen and oxygen atoms in total. The van der Waals surface area contributed by atoms with Gasteiger partial charge in [0.25, 0.3) is 0 Å². The second kappa shape index (κ2) is 7.56. The molecule has 0 saturated carbocycles. The van der Waals surface area contributed by atoms with E-state index in [-0.39, 0.29) is 0 Å². The minimum absolute atomic E-state index is 0.630. The van der Waals surface area contributed by atoms with Crippen LogP contribution in [0.3, 0.4) is 0 Å². The lowest BCUT2D eigenvalue weighted by Crippen LogP contribution is -2.32. The Morgan fingerprint density at radius 1 is 1.53 bits per heavy atom. The molecule has 1 unspecified atom stereocenters. The molecule has 1 N–H and O–H groups in total. The number of hydrogen-bond acceptors (Lipinski definition) is 4. The Bertz CT molecular complexity index is 330. The van der Waals surface area contributed by atoms with Gasteiger partial charge in [-0.15, -0.1) is 0 Å². The van der Waals surface area contributed by atoms with Crippen LogP contribution in [0.5, 0.6) is 0 Å². The van der Waals surface area contributed by atoms with Gasteiger partial charge >= 0.3 is 0 Å². The van der Waals surface area contributed by atoms with Gasteiger partial charge < -0.3 is 5.32 Å². The SMILES string of the molecule is CCC(CSC)N(C)Cc1cc(NC)ccn1. The van der Waals surface area contributed by atoms with Crippen molar-refractivity contribution in [1.29, 1.82) is 0 Å². The van der Waals surface area contributed by atoms with Crippen LogP contribution >= 0.6 is 11.8 Å². The minimum Gasteiger partial charge on any atom is -0.388 e. The van der Waals surface area contributed by atoms with Crippen LogP contribution in [0, 0.1) is 0 Å². The van der Waals surface area contributed by atoms with E-state index in [0.717, 1.165) is 17.9 Å². The lowest BCUT2D eigenvalue weighted by Gasteiger charge is -2.26. The van der Waals surface area contributed by atoms with Gasteiger partial charge in [-0.25, -0.2) is 0 Å². The molecule has 1 heterocycles. The maximum Gasteiger partial charge on any atom is 0.0564 e. The quantitative estimate of drug-likeness (QED) is 0.809. The van der Waals surface area contributed by atoms with E-state index in [0.29, 0.717) is 6.04 Å². The molecule has 1 aromatic heterocycles. The number of thioether (sulfide) groups is 1. The highest BCUT2D eigenvalue weighted by atomic mass is 32.2. The summed E-state index contributed by atoms with van der Waals surface area (Å²) in [7, 11) is 4.11. The highest BCUT2D eigenvalue weighted by molar-refractivity contribution is 7.98. The topological polar surface area (TPSA) is 28.2 Å². The van der Waals surface area contributed by atoms with E-state index < -0.39 is 0 Å². The Balaban J connectivity index is 2.62. The summed E-state index contributed by atoms with van der Waals surface area (Å²) in [6.45, 7) is 3.16. The van der Waals surface area contributed by atoms with E-state index in [9.17, 15) is 0 Å². The minimum atomic E-state index is 0.630. The third-order valence-corrected chi connectivity index (χ3v) is 3.69. The molecule has 0 aliphatic rings. The molecule has 0 radical (unpaired) electrons. The zero-order chi connectivity index (χ0) is 12.7. The van der Waals surface area contributed by atoms with Crippen molar-refractivity contribution in [2.24, 2.45) is 0 Å². The number of rotatable bonds is 7. The summed E-state index contributed by atoms with van der Waals surface area (Å²) in [5.41, 5.74) is 2.25. The Kier molecular flexibility index (Phi) is 6.37. The van der Waals surface area contributed by atoms with Crippen molar-refractivity contribution < 1.29 is 0 Å². The molecule has 96 valence electrons. The molecule has 0 aromatic carbocycles. The van der Waals surface area contributed by atoms with Gasteiger partial charge in [0.2, 0.25) is 0 Å². The van der Waals surface area contributed by atoms with Gasteiger partial charge in [-0.1, -0.05) is 6.92 Å². The van der Waals surface area contributed by atoms with Crippen LogP contribution in [0.15, 0.2) is 18.3 Å². The molecule has 17 heavy (non-hydrogen) atoms. The Hall–Kier alpha value is -0.740. The molecule has 0 spiro atoms. The van der Waals surface area contributed by atoms with Crippen LogP contribution in [0.2, 0.25) is 0 Å². The standard InChI is InChI=1S/C13H23N3S/c1-5-13(10-17-4)16(3)9-12-8-11(14-2)6-7-15-12/h6-8,13H,5,9-10H2,1-4H3,(H,14,15). The first-order valence-electron chi connectivity index (χ1n) is 6.03. The second-order valence-electron chi connectivity index (χ2n) is 4.22. The summed E-state index contributed by atoms with van der Waals surface area (Å²) in [4.78, 5) is 6.80. The molecular weight excluding hydrogens is 230 g/mol. The highest BCUT2D eigenvalue weighted by Gasteiger charge is 2.12. The van der Waals surface area contributed by atoms with Crippen molar-refractivity contribution >= 4 is 17.4 Å². The van der Waals surface area contributed by atoms with E-state index in [2.05, 4.69) is 41.5 Å². The van der Waals surface area contributed by atoms with Gasteiger partial charge in [-0.3, -0.25) is 9.88 Å². The fourth-order valence-electron chi connectivity index (χ4n) is 1.85. The lowest BCUT2D eigenvalue weighted by molar-refractivity contribution is 0.245. The van der Waals surface area contributed by atoms with Gasteiger partial charge in [0.15, 0.2) is 0 Å². The molecule has 4 heteroatoms. The normalized spacial score (nSPS) is 12.8. The number of anilines is 1. The lowest BCUT2D eigenvalue weighted by atomic mass is 10.2. The Morgan fingerprint density at radius 2 is 2.29 bits per heavy atom. The third kappa shape index (κ3) is 4.56. The van der Waals surface area contributed by atoms with Crippen LogP contribution in [0.25, 0.3) is 0 Å². The van der Waals surface area contributed by atoms with Crippen LogP contribution in [0.1, 0.15) is 19.0 Å². The summed E-state index contributed by atoms with van der Waals surface area (Å²) in [6, 6.07) is 4.73. The molecule has 0 fully saturated rings.